The van der Waals surface area contributed by atoms with Gasteiger partial charge in [0.2, 0.25) is 0 Å². The first kappa shape index (κ1) is 15.2. The molecule has 2 nitrogen and oxygen atoms in total. The average Bonchev–Trinajstić information content (AvgIpc) is 2.68. The van der Waals surface area contributed by atoms with Gasteiger partial charge in [0.1, 0.15) is 6.10 Å². The Kier molecular flexibility index (Phi) is 4.32. The second-order valence-corrected chi connectivity index (χ2v) is 6.34. The molecule has 0 radical (unpaired) electrons. The molecule has 1 fully saturated rings. The second-order valence-electron chi connectivity index (χ2n) is 5.04. The lowest BCUT2D eigenvalue weighted by atomic mass is 9.99. The molecule has 0 unspecified atom stereocenters. The van der Waals surface area contributed by atoms with Crippen LogP contribution in [0.25, 0.3) is 0 Å². The van der Waals surface area contributed by atoms with Crippen LogP contribution in [0.2, 0.25) is 0 Å². The third-order valence-corrected chi connectivity index (χ3v) is 4.16. The molecule has 0 N–H and O–H groups in total. The Morgan fingerprint density at radius 2 is 1.85 bits per heavy atom. The molecule has 1 aromatic rings. The van der Waals surface area contributed by atoms with Crippen LogP contribution in [-0.4, -0.2) is 16.7 Å². The number of carbonyl (C=O) groups is 1. The first-order valence-corrected chi connectivity index (χ1v) is 7.18. The average molecular weight is 304 g/mol. The normalized spacial score (nSPS) is 23.2. The van der Waals surface area contributed by atoms with Crippen molar-refractivity contribution in [2.75, 3.05) is 0 Å². The van der Waals surface area contributed by atoms with Crippen LogP contribution >= 0.6 is 11.8 Å². The summed E-state index contributed by atoms with van der Waals surface area (Å²) in [6.45, 7) is 4.07. The maximum Gasteiger partial charge on any atom is 0.442 e. The van der Waals surface area contributed by atoms with E-state index in [1.807, 2.05) is 26.0 Å². The minimum atomic E-state index is -4.37. The van der Waals surface area contributed by atoms with E-state index < -0.39 is 22.8 Å². The molecule has 2 atom stereocenters. The molecule has 110 valence electrons. The molecule has 0 spiro atoms. The smallest absolute Gasteiger partial charge is 0.442 e. The van der Waals surface area contributed by atoms with Crippen LogP contribution in [0.1, 0.15) is 43.4 Å². The summed E-state index contributed by atoms with van der Waals surface area (Å²) in [5, 5.41) is -0.910. The van der Waals surface area contributed by atoms with Gasteiger partial charge in [-0.25, -0.2) is 0 Å². The lowest BCUT2D eigenvalue weighted by Gasteiger charge is -2.19. The van der Waals surface area contributed by atoms with Gasteiger partial charge in [-0.1, -0.05) is 38.1 Å². The van der Waals surface area contributed by atoms with Crippen LogP contribution in [0.15, 0.2) is 24.3 Å². The lowest BCUT2D eigenvalue weighted by Crippen LogP contribution is -2.15. The maximum absolute atomic E-state index is 12.5. The molecule has 20 heavy (non-hydrogen) atoms. The Morgan fingerprint density at radius 3 is 2.35 bits per heavy atom. The molecule has 2 rings (SSSR count). The van der Waals surface area contributed by atoms with Crippen LogP contribution in [0.3, 0.4) is 0 Å². The van der Waals surface area contributed by atoms with Crippen molar-refractivity contribution >= 4 is 17.7 Å². The number of hydrogen-bond acceptors (Lipinski definition) is 3. The van der Waals surface area contributed by atoms with E-state index in [0.717, 1.165) is 5.56 Å². The molecule has 0 saturated carbocycles. The Hall–Kier alpha value is -1.17. The van der Waals surface area contributed by atoms with Gasteiger partial charge in [-0.15, -0.1) is 0 Å². The summed E-state index contributed by atoms with van der Waals surface area (Å²) < 4.78 is 42.5. The molecular formula is C14H15F3O2S. The van der Waals surface area contributed by atoms with E-state index in [2.05, 4.69) is 0 Å². The van der Waals surface area contributed by atoms with Gasteiger partial charge in [0.25, 0.3) is 0 Å². The summed E-state index contributed by atoms with van der Waals surface area (Å²) in [7, 11) is 0. The third-order valence-electron chi connectivity index (χ3n) is 3.18. The highest BCUT2D eigenvalue weighted by Gasteiger charge is 2.44. The first-order chi connectivity index (χ1) is 9.26. The molecule has 0 aromatic heterocycles. The third kappa shape index (κ3) is 3.69. The van der Waals surface area contributed by atoms with E-state index >= 15 is 0 Å². The van der Waals surface area contributed by atoms with Gasteiger partial charge < -0.3 is 4.74 Å². The monoisotopic (exact) mass is 304 g/mol. The number of cyclic esters (lactones) is 1. The van der Waals surface area contributed by atoms with Crippen molar-refractivity contribution in [3.63, 3.8) is 0 Å². The Balaban J connectivity index is 2.18. The van der Waals surface area contributed by atoms with Crippen molar-refractivity contribution in [2.24, 2.45) is 0 Å². The van der Waals surface area contributed by atoms with Gasteiger partial charge in [0.15, 0.2) is 0 Å². The highest BCUT2D eigenvalue weighted by molar-refractivity contribution is 8.00. The fourth-order valence-electron chi connectivity index (χ4n) is 2.17. The van der Waals surface area contributed by atoms with Gasteiger partial charge in [-0.2, -0.15) is 13.2 Å². The number of halogens is 3. The number of rotatable bonds is 3. The number of esters is 1. The number of alkyl halides is 3. The molecule has 1 saturated heterocycles. The zero-order valence-electron chi connectivity index (χ0n) is 11.1. The van der Waals surface area contributed by atoms with Gasteiger partial charge in [-0.05, 0) is 28.8 Å². The van der Waals surface area contributed by atoms with E-state index in [1.165, 1.54) is 0 Å². The van der Waals surface area contributed by atoms with Gasteiger partial charge in [0, 0.05) is 0 Å². The van der Waals surface area contributed by atoms with Crippen LogP contribution < -0.4 is 0 Å². The molecule has 0 bridgehead atoms. The van der Waals surface area contributed by atoms with Crippen molar-refractivity contribution in [3.8, 4) is 0 Å². The van der Waals surface area contributed by atoms with Crippen LogP contribution in [0.5, 0.6) is 0 Å². The minimum Gasteiger partial charge on any atom is -0.456 e. The summed E-state index contributed by atoms with van der Waals surface area (Å²) in [5.41, 5.74) is -2.66. The van der Waals surface area contributed by atoms with E-state index in [-0.39, 0.29) is 18.2 Å². The minimum absolute atomic E-state index is 0.164. The number of benzene rings is 1. The number of carbonyl (C=O) groups excluding carboxylic acids is 1. The standard InChI is InChI=1S/C14H15F3O2S/c1-8(2)9-3-5-10(6-4-9)13-11(7-12(18)19-13)20-14(15,16)17/h3-6,8,11,13H,7H2,1-2H3/t11-,13+/m0/s1. The van der Waals surface area contributed by atoms with Gasteiger partial charge in [0.05, 0.1) is 11.7 Å². The van der Waals surface area contributed by atoms with Crippen LogP contribution in [0.4, 0.5) is 13.2 Å². The molecule has 0 amide bonds. The summed E-state index contributed by atoms with van der Waals surface area (Å²) in [6.07, 6.45) is -1.03. The largest absolute Gasteiger partial charge is 0.456 e. The molecule has 0 aliphatic carbocycles. The van der Waals surface area contributed by atoms with E-state index in [4.69, 9.17) is 4.74 Å². The Morgan fingerprint density at radius 1 is 1.25 bits per heavy atom. The highest BCUT2D eigenvalue weighted by Crippen LogP contribution is 2.45. The van der Waals surface area contributed by atoms with Crippen molar-refractivity contribution in [3.05, 3.63) is 35.4 Å². The first-order valence-electron chi connectivity index (χ1n) is 6.30. The lowest BCUT2D eigenvalue weighted by molar-refractivity contribution is -0.141. The van der Waals surface area contributed by atoms with Gasteiger partial charge in [-0.3, -0.25) is 4.79 Å². The van der Waals surface area contributed by atoms with Crippen molar-refractivity contribution in [1.29, 1.82) is 0 Å². The van der Waals surface area contributed by atoms with E-state index in [9.17, 15) is 18.0 Å². The summed E-state index contributed by atoms with van der Waals surface area (Å²) in [5.74, 6) is -0.236. The fourth-order valence-corrected chi connectivity index (χ4v) is 3.06. The molecule has 1 aliphatic rings. The number of hydrogen-bond donors (Lipinski definition) is 0. The predicted molar refractivity (Wildman–Crippen MR) is 71.4 cm³/mol. The van der Waals surface area contributed by atoms with E-state index in [0.29, 0.717) is 11.5 Å². The summed E-state index contributed by atoms with van der Waals surface area (Å²) in [6, 6.07) is 7.20. The SMILES string of the molecule is CC(C)c1ccc([C@H]2OC(=O)C[C@@H]2SC(F)(F)F)cc1. The maximum atomic E-state index is 12.5. The van der Waals surface area contributed by atoms with Crippen molar-refractivity contribution in [2.45, 2.75) is 43.0 Å². The zero-order chi connectivity index (χ0) is 14.9. The van der Waals surface area contributed by atoms with E-state index in [1.54, 1.807) is 12.1 Å². The summed E-state index contributed by atoms with van der Waals surface area (Å²) in [4.78, 5) is 11.3. The second kappa shape index (κ2) is 5.68. The van der Waals surface area contributed by atoms with Crippen LogP contribution in [0, 0.1) is 0 Å². The van der Waals surface area contributed by atoms with Crippen molar-refractivity contribution in [1.82, 2.24) is 0 Å². The fraction of sp³-hybridized carbons (Fsp3) is 0.500. The van der Waals surface area contributed by atoms with Crippen LogP contribution in [-0.2, 0) is 9.53 Å². The quantitative estimate of drug-likeness (QED) is 0.773. The number of thioether (sulfide) groups is 1. The molecule has 1 aliphatic heterocycles. The van der Waals surface area contributed by atoms with Crippen molar-refractivity contribution < 1.29 is 22.7 Å². The predicted octanol–water partition coefficient (Wildman–Crippen LogP) is 4.42. The number of ether oxygens (including phenoxy) is 1. The zero-order valence-corrected chi connectivity index (χ0v) is 11.9. The topological polar surface area (TPSA) is 26.3 Å². The molecule has 1 aromatic carbocycles. The molecule has 6 heteroatoms. The Labute approximate surface area is 119 Å². The highest BCUT2D eigenvalue weighted by atomic mass is 32.2. The summed E-state index contributed by atoms with van der Waals surface area (Å²) >= 11 is -0.164. The molecular weight excluding hydrogens is 289 g/mol. The van der Waals surface area contributed by atoms with Gasteiger partial charge >= 0.3 is 11.5 Å². The Bertz CT molecular complexity index is 482. The molecule has 1 heterocycles.